The highest BCUT2D eigenvalue weighted by molar-refractivity contribution is 5.95. The molecule has 0 aliphatic carbocycles. The number of aryl methyl sites for hydroxylation is 1. The van der Waals surface area contributed by atoms with Gasteiger partial charge in [0.15, 0.2) is 0 Å². The van der Waals surface area contributed by atoms with E-state index in [2.05, 4.69) is 29.5 Å². The first-order chi connectivity index (χ1) is 13.0. The fourth-order valence-corrected chi connectivity index (χ4v) is 3.10. The van der Waals surface area contributed by atoms with Gasteiger partial charge in [0.2, 0.25) is 0 Å². The first-order valence-electron chi connectivity index (χ1n) is 9.08. The second kappa shape index (κ2) is 8.08. The Morgan fingerprint density at radius 2 is 1.81 bits per heavy atom. The van der Waals surface area contributed by atoms with Gasteiger partial charge in [-0.1, -0.05) is 36.4 Å². The maximum absolute atomic E-state index is 12.6. The standard InChI is InChI=1S/C22H26N4O/c1-16-21(17(2)26(24-16)15-18-9-6-5-7-10-18)14-23-22(27)19-11-8-12-20(13-19)25(3)4/h5-13H,14-15H2,1-4H3,(H,23,27). The lowest BCUT2D eigenvalue weighted by atomic mass is 10.1. The molecule has 27 heavy (non-hydrogen) atoms. The van der Waals surface area contributed by atoms with Crippen molar-refractivity contribution in [2.24, 2.45) is 0 Å². The summed E-state index contributed by atoms with van der Waals surface area (Å²) in [6.45, 7) is 5.24. The van der Waals surface area contributed by atoms with E-state index in [1.54, 1.807) is 0 Å². The van der Waals surface area contributed by atoms with E-state index in [1.165, 1.54) is 5.56 Å². The number of benzene rings is 2. The molecule has 1 amide bonds. The molecule has 0 radical (unpaired) electrons. The predicted octanol–water partition coefficient (Wildman–Crippen LogP) is 3.54. The van der Waals surface area contributed by atoms with Gasteiger partial charge in [0.1, 0.15) is 0 Å². The summed E-state index contributed by atoms with van der Waals surface area (Å²) in [5, 5.41) is 7.68. The van der Waals surface area contributed by atoms with Crippen LogP contribution in [0.3, 0.4) is 0 Å². The van der Waals surface area contributed by atoms with Crippen LogP contribution in [-0.2, 0) is 13.1 Å². The normalized spacial score (nSPS) is 10.7. The minimum absolute atomic E-state index is 0.0756. The summed E-state index contributed by atoms with van der Waals surface area (Å²) in [7, 11) is 3.93. The summed E-state index contributed by atoms with van der Waals surface area (Å²) in [6.07, 6.45) is 0. The molecular weight excluding hydrogens is 336 g/mol. The highest BCUT2D eigenvalue weighted by Crippen LogP contribution is 2.16. The molecule has 3 rings (SSSR count). The van der Waals surface area contributed by atoms with Crippen LogP contribution >= 0.6 is 0 Å². The molecule has 0 atom stereocenters. The Balaban J connectivity index is 1.71. The number of nitrogens with zero attached hydrogens (tertiary/aromatic N) is 3. The quantitative estimate of drug-likeness (QED) is 0.730. The van der Waals surface area contributed by atoms with Gasteiger partial charge in [0, 0.05) is 43.1 Å². The highest BCUT2D eigenvalue weighted by Gasteiger charge is 2.14. The van der Waals surface area contributed by atoms with Gasteiger partial charge >= 0.3 is 0 Å². The number of rotatable bonds is 6. The SMILES string of the molecule is Cc1nn(Cc2ccccc2)c(C)c1CNC(=O)c1cccc(N(C)C)c1. The number of amides is 1. The molecule has 0 saturated heterocycles. The Hall–Kier alpha value is -3.08. The van der Waals surface area contributed by atoms with Crippen molar-refractivity contribution in [3.8, 4) is 0 Å². The smallest absolute Gasteiger partial charge is 0.251 e. The molecule has 0 spiro atoms. The summed E-state index contributed by atoms with van der Waals surface area (Å²) < 4.78 is 2.00. The van der Waals surface area contributed by atoms with Gasteiger partial charge in [-0.05, 0) is 37.6 Å². The van der Waals surface area contributed by atoms with Crippen molar-refractivity contribution in [2.75, 3.05) is 19.0 Å². The molecule has 0 aliphatic rings. The number of nitrogens with one attached hydrogen (secondary N) is 1. The summed E-state index contributed by atoms with van der Waals surface area (Å²) in [4.78, 5) is 14.5. The number of anilines is 1. The summed E-state index contributed by atoms with van der Waals surface area (Å²) in [5.41, 5.74) is 5.98. The molecule has 0 bridgehead atoms. The molecule has 3 aromatic rings. The van der Waals surface area contributed by atoms with Crippen LogP contribution in [0, 0.1) is 13.8 Å². The monoisotopic (exact) mass is 362 g/mol. The van der Waals surface area contributed by atoms with Crippen molar-refractivity contribution in [1.29, 1.82) is 0 Å². The van der Waals surface area contributed by atoms with E-state index < -0.39 is 0 Å². The topological polar surface area (TPSA) is 50.2 Å². The summed E-state index contributed by atoms with van der Waals surface area (Å²) in [5.74, 6) is -0.0756. The van der Waals surface area contributed by atoms with Gasteiger partial charge in [0.25, 0.3) is 5.91 Å². The molecule has 5 heteroatoms. The lowest BCUT2D eigenvalue weighted by molar-refractivity contribution is 0.0951. The van der Waals surface area contributed by atoms with Gasteiger partial charge in [-0.2, -0.15) is 5.10 Å². The lowest BCUT2D eigenvalue weighted by Gasteiger charge is -2.13. The zero-order valence-corrected chi connectivity index (χ0v) is 16.4. The Bertz CT molecular complexity index is 929. The Kier molecular flexibility index (Phi) is 5.60. The lowest BCUT2D eigenvalue weighted by Crippen LogP contribution is -2.23. The van der Waals surface area contributed by atoms with Gasteiger partial charge < -0.3 is 10.2 Å². The number of hydrogen-bond donors (Lipinski definition) is 1. The van der Waals surface area contributed by atoms with Gasteiger partial charge in [-0.15, -0.1) is 0 Å². The van der Waals surface area contributed by atoms with E-state index in [1.807, 2.05) is 73.1 Å². The summed E-state index contributed by atoms with van der Waals surface area (Å²) >= 11 is 0. The summed E-state index contributed by atoms with van der Waals surface area (Å²) in [6, 6.07) is 17.9. The molecule has 0 aliphatic heterocycles. The minimum Gasteiger partial charge on any atom is -0.378 e. The maximum atomic E-state index is 12.6. The van der Waals surface area contributed by atoms with E-state index in [0.29, 0.717) is 12.1 Å². The molecule has 1 N–H and O–H groups in total. The second-order valence-electron chi connectivity index (χ2n) is 6.92. The van der Waals surface area contributed by atoms with Crippen LogP contribution in [-0.4, -0.2) is 29.8 Å². The molecule has 1 heterocycles. The average Bonchev–Trinajstić information content (AvgIpc) is 2.93. The van der Waals surface area contributed by atoms with Crippen molar-refractivity contribution in [2.45, 2.75) is 26.9 Å². The molecule has 0 fully saturated rings. The van der Waals surface area contributed by atoms with Crippen LogP contribution in [0.1, 0.15) is 32.9 Å². The number of carbonyl (C=O) groups excluding carboxylic acids is 1. The fraction of sp³-hybridized carbons (Fsp3) is 0.273. The number of hydrogen-bond acceptors (Lipinski definition) is 3. The van der Waals surface area contributed by atoms with Crippen LogP contribution in [0.15, 0.2) is 54.6 Å². The molecule has 140 valence electrons. The van der Waals surface area contributed by atoms with E-state index in [4.69, 9.17) is 0 Å². The molecule has 1 aromatic heterocycles. The average molecular weight is 362 g/mol. The van der Waals surface area contributed by atoms with Gasteiger partial charge in [0.05, 0.1) is 12.2 Å². The van der Waals surface area contributed by atoms with Crippen molar-refractivity contribution in [3.05, 3.63) is 82.7 Å². The third-order valence-electron chi connectivity index (χ3n) is 4.76. The third kappa shape index (κ3) is 4.37. The van der Waals surface area contributed by atoms with Gasteiger partial charge in [-0.25, -0.2) is 0 Å². The zero-order chi connectivity index (χ0) is 19.4. The van der Waals surface area contributed by atoms with Crippen molar-refractivity contribution < 1.29 is 4.79 Å². The number of aromatic nitrogens is 2. The molecule has 0 saturated carbocycles. The first-order valence-corrected chi connectivity index (χ1v) is 9.08. The molecule has 2 aromatic carbocycles. The van der Waals surface area contributed by atoms with Crippen LogP contribution < -0.4 is 10.2 Å². The Morgan fingerprint density at radius 1 is 1.07 bits per heavy atom. The number of carbonyl (C=O) groups is 1. The van der Waals surface area contributed by atoms with Crippen molar-refractivity contribution in [1.82, 2.24) is 15.1 Å². The Morgan fingerprint density at radius 3 is 2.52 bits per heavy atom. The van der Waals surface area contributed by atoms with E-state index >= 15 is 0 Å². The Labute approximate surface area is 160 Å². The van der Waals surface area contributed by atoms with Crippen LogP contribution in [0.4, 0.5) is 5.69 Å². The second-order valence-corrected chi connectivity index (χ2v) is 6.92. The van der Waals surface area contributed by atoms with Crippen molar-refractivity contribution in [3.63, 3.8) is 0 Å². The van der Waals surface area contributed by atoms with Crippen molar-refractivity contribution >= 4 is 11.6 Å². The first kappa shape index (κ1) is 18.7. The molecular formula is C22H26N4O. The van der Waals surface area contributed by atoms with Crippen LogP contribution in [0.25, 0.3) is 0 Å². The van der Waals surface area contributed by atoms with E-state index in [-0.39, 0.29) is 5.91 Å². The molecule has 0 unspecified atom stereocenters. The third-order valence-corrected chi connectivity index (χ3v) is 4.76. The predicted molar refractivity (Wildman–Crippen MR) is 109 cm³/mol. The minimum atomic E-state index is -0.0756. The van der Waals surface area contributed by atoms with E-state index in [0.717, 1.165) is 29.2 Å². The molecule has 5 nitrogen and oxygen atoms in total. The zero-order valence-electron chi connectivity index (χ0n) is 16.4. The highest BCUT2D eigenvalue weighted by atomic mass is 16.1. The van der Waals surface area contributed by atoms with Crippen LogP contribution in [0.5, 0.6) is 0 Å². The largest absolute Gasteiger partial charge is 0.378 e. The fourth-order valence-electron chi connectivity index (χ4n) is 3.10. The maximum Gasteiger partial charge on any atom is 0.251 e. The van der Waals surface area contributed by atoms with Gasteiger partial charge in [-0.3, -0.25) is 9.48 Å². The van der Waals surface area contributed by atoms with E-state index in [9.17, 15) is 4.79 Å². The van der Waals surface area contributed by atoms with Crippen LogP contribution in [0.2, 0.25) is 0 Å².